The lowest BCUT2D eigenvalue weighted by atomic mass is 10.1. The van der Waals surface area contributed by atoms with Gasteiger partial charge in [-0.1, -0.05) is 54.1 Å². The highest BCUT2D eigenvalue weighted by Gasteiger charge is 2.34. The van der Waals surface area contributed by atoms with E-state index in [1.165, 1.54) is 4.90 Å². The lowest BCUT2D eigenvalue weighted by molar-refractivity contribution is -0.145. The Morgan fingerprint density at radius 3 is 2.41 bits per heavy atom. The summed E-state index contributed by atoms with van der Waals surface area (Å²) in [5.74, 6) is -0.954. The van der Waals surface area contributed by atoms with Crippen LogP contribution in [-0.4, -0.2) is 52.6 Å². The highest BCUT2D eigenvalue weighted by Crippen LogP contribution is 2.17. The summed E-state index contributed by atoms with van der Waals surface area (Å²) in [6.45, 7) is 1.63. The number of amides is 1. The molecule has 6 nitrogen and oxygen atoms in total. The molecule has 27 heavy (non-hydrogen) atoms. The van der Waals surface area contributed by atoms with Gasteiger partial charge in [0, 0.05) is 24.7 Å². The van der Waals surface area contributed by atoms with Gasteiger partial charge in [-0.25, -0.2) is 4.79 Å². The number of halogens is 1. The molecule has 1 N–H and O–H groups in total. The minimum atomic E-state index is -0.954. The second-order valence-electron chi connectivity index (χ2n) is 6.44. The van der Waals surface area contributed by atoms with Gasteiger partial charge in [-0.05, 0) is 23.3 Å². The molecule has 1 saturated heterocycles. The van der Waals surface area contributed by atoms with Crippen LogP contribution in [0, 0.1) is 0 Å². The largest absolute Gasteiger partial charge is 0.480 e. The fourth-order valence-corrected chi connectivity index (χ4v) is 3.17. The molecule has 2 aromatic carbocycles. The first-order chi connectivity index (χ1) is 13.0. The van der Waals surface area contributed by atoms with Crippen molar-refractivity contribution in [1.29, 1.82) is 0 Å². The number of piperazine rings is 1. The van der Waals surface area contributed by atoms with E-state index in [1.807, 2.05) is 47.4 Å². The van der Waals surface area contributed by atoms with E-state index in [9.17, 15) is 14.7 Å². The maximum absolute atomic E-state index is 12.3. The van der Waals surface area contributed by atoms with Gasteiger partial charge in [0.1, 0.15) is 12.6 Å². The first-order valence-corrected chi connectivity index (χ1v) is 9.07. The number of carboxylic acid groups (broad SMARTS) is 1. The normalized spacial score (nSPS) is 17.5. The maximum Gasteiger partial charge on any atom is 0.410 e. The molecule has 0 aliphatic carbocycles. The van der Waals surface area contributed by atoms with Crippen LogP contribution in [0.4, 0.5) is 4.79 Å². The quantitative estimate of drug-likeness (QED) is 0.851. The number of benzene rings is 2. The molecule has 142 valence electrons. The number of hydrogen-bond donors (Lipinski definition) is 1. The Hall–Kier alpha value is -2.57. The molecule has 0 saturated carbocycles. The summed E-state index contributed by atoms with van der Waals surface area (Å²) < 4.78 is 5.32. The summed E-state index contributed by atoms with van der Waals surface area (Å²) in [5, 5.41) is 10.2. The molecule has 0 radical (unpaired) electrons. The Labute approximate surface area is 162 Å². The number of hydrogen-bond acceptors (Lipinski definition) is 4. The van der Waals surface area contributed by atoms with Crippen LogP contribution < -0.4 is 0 Å². The van der Waals surface area contributed by atoms with Gasteiger partial charge in [-0.15, -0.1) is 0 Å². The standard InChI is InChI=1S/C20H21ClN2O4/c21-17-8-6-15(7-9-17)12-22-10-11-23(13-18(22)19(24)25)20(26)27-14-16-4-2-1-3-5-16/h1-9,18H,10-14H2,(H,24,25)/t18-/m0/s1. The molecule has 0 bridgehead atoms. The number of nitrogens with zero attached hydrogens (tertiary/aromatic N) is 2. The van der Waals surface area contributed by atoms with Crippen LogP contribution in [0.2, 0.25) is 5.02 Å². The van der Waals surface area contributed by atoms with E-state index < -0.39 is 18.1 Å². The third kappa shape index (κ3) is 5.21. The highest BCUT2D eigenvalue weighted by molar-refractivity contribution is 6.30. The zero-order valence-electron chi connectivity index (χ0n) is 14.8. The topological polar surface area (TPSA) is 70.1 Å². The number of carboxylic acids is 1. The lowest BCUT2D eigenvalue weighted by Gasteiger charge is -2.38. The van der Waals surface area contributed by atoms with Crippen molar-refractivity contribution < 1.29 is 19.4 Å². The van der Waals surface area contributed by atoms with Crippen LogP contribution in [0.25, 0.3) is 0 Å². The number of carbonyl (C=O) groups excluding carboxylic acids is 1. The van der Waals surface area contributed by atoms with E-state index in [2.05, 4.69) is 0 Å². The molecular formula is C20H21ClN2O4. The van der Waals surface area contributed by atoms with Crippen molar-refractivity contribution in [2.75, 3.05) is 19.6 Å². The van der Waals surface area contributed by atoms with Crippen molar-refractivity contribution >= 4 is 23.7 Å². The van der Waals surface area contributed by atoms with E-state index in [0.29, 0.717) is 24.7 Å². The molecule has 1 aliphatic rings. The molecule has 3 rings (SSSR count). The summed E-state index contributed by atoms with van der Waals surface area (Å²) in [7, 11) is 0. The molecule has 1 aliphatic heterocycles. The number of ether oxygens (including phenoxy) is 1. The van der Waals surface area contributed by atoms with Crippen molar-refractivity contribution in [3.8, 4) is 0 Å². The molecule has 1 heterocycles. The minimum Gasteiger partial charge on any atom is -0.480 e. The van der Waals surface area contributed by atoms with Crippen LogP contribution in [-0.2, 0) is 22.7 Å². The molecule has 0 aromatic heterocycles. The third-order valence-electron chi connectivity index (χ3n) is 4.54. The molecule has 0 spiro atoms. The lowest BCUT2D eigenvalue weighted by Crippen LogP contribution is -2.57. The van der Waals surface area contributed by atoms with Crippen molar-refractivity contribution in [1.82, 2.24) is 9.80 Å². The molecule has 2 aromatic rings. The van der Waals surface area contributed by atoms with Gasteiger partial charge in [-0.3, -0.25) is 9.69 Å². The fourth-order valence-electron chi connectivity index (χ4n) is 3.04. The molecule has 1 fully saturated rings. The Morgan fingerprint density at radius 2 is 1.74 bits per heavy atom. The molecular weight excluding hydrogens is 368 g/mol. The number of carbonyl (C=O) groups is 2. The van der Waals surface area contributed by atoms with Gasteiger partial charge in [0.15, 0.2) is 0 Å². The van der Waals surface area contributed by atoms with E-state index in [-0.39, 0.29) is 13.2 Å². The van der Waals surface area contributed by atoms with Gasteiger partial charge in [0.2, 0.25) is 0 Å². The zero-order chi connectivity index (χ0) is 19.2. The van der Waals surface area contributed by atoms with Crippen molar-refractivity contribution in [2.45, 2.75) is 19.2 Å². The minimum absolute atomic E-state index is 0.0938. The van der Waals surface area contributed by atoms with Crippen LogP contribution >= 0.6 is 11.6 Å². The van der Waals surface area contributed by atoms with Gasteiger partial charge < -0.3 is 14.7 Å². The van der Waals surface area contributed by atoms with Gasteiger partial charge in [0.05, 0.1) is 6.54 Å². The average molecular weight is 389 g/mol. The SMILES string of the molecule is O=C(O)[C@@H]1CN(C(=O)OCc2ccccc2)CCN1Cc1ccc(Cl)cc1. The number of aliphatic carboxylic acids is 1. The fraction of sp³-hybridized carbons (Fsp3) is 0.300. The second kappa shape index (κ2) is 8.88. The Balaban J connectivity index is 1.58. The highest BCUT2D eigenvalue weighted by atomic mass is 35.5. The van der Waals surface area contributed by atoms with E-state index in [1.54, 1.807) is 12.1 Å². The first kappa shape index (κ1) is 19.2. The van der Waals surface area contributed by atoms with Crippen molar-refractivity contribution in [3.05, 3.63) is 70.7 Å². The van der Waals surface area contributed by atoms with E-state index >= 15 is 0 Å². The Kier molecular flexibility index (Phi) is 6.32. The summed E-state index contributed by atoms with van der Waals surface area (Å²) in [6, 6.07) is 15.9. The van der Waals surface area contributed by atoms with Crippen LogP contribution in [0.15, 0.2) is 54.6 Å². The zero-order valence-corrected chi connectivity index (χ0v) is 15.5. The second-order valence-corrected chi connectivity index (χ2v) is 6.87. The molecule has 1 amide bonds. The van der Waals surface area contributed by atoms with Crippen LogP contribution in [0.3, 0.4) is 0 Å². The monoisotopic (exact) mass is 388 g/mol. The number of rotatable bonds is 5. The summed E-state index contributed by atoms with van der Waals surface area (Å²) in [6.07, 6.45) is -0.490. The van der Waals surface area contributed by atoms with Crippen LogP contribution in [0.1, 0.15) is 11.1 Å². The van der Waals surface area contributed by atoms with E-state index in [4.69, 9.17) is 16.3 Å². The maximum atomic E-state index is 12.3. The predicted molar refractivity (Wildman–Crippen MR) is 101 cm³/mol. The average Bonchev–Trinajstić information content (AvgIpc) is 2.69. The van der Waals surface area contributed by atoms with Gasteiger partial charge in [0.25, 0.3) is 0 Å². The first-order valence-electron chi connectivity index (χ1n) is 8.70. The molecule has 7 heteroatoms. The summed E-state index contributed by atoms with van der Waals surface area (Å²) in [5.41, 5.74) is 1.87. The van der Waals surface area contributed by atoms with Crippen LogP contribution in [0.5, 0.6) is 0 Å². The third-order valence-corrected chi connectivity index (χ3v) is 4.79. The van der Waals surface area contributed by atoms with Gasteiger partial charge >= 0.3 is 12.1 Å². The molecule has 1 atom stereocenters. The van der Waals surface area contributed by atoms with E-state index in [0.717, 1.165) is 11.1 Å². The van der Waals surface area contributed by atoms with Crippen molar-refractivity contribution in [3.63, 3.8) is 0 Å². The Morgan fingerprint density at radius 1 is 1.04 bits per heavy atom. The summed E-state index contributed by atoms with van der Waals surface area (Å²) >= 11 is 5.90. The summed E-state index contributed by atoms with van der Waals surface area (Å²) in [4.78, 5) is 27.3. The predicted octanol–water partition coefficient (Wildman–Crippen LogP) is 3.25. The van der Waals surface area contributed by atoms with Gasteiger partial charge in [-0.2, -0.15) is 0 Å². The Bertz CT molecular complexity index is 782. The smallest absolute Gasteiger partial charge is 0.410 e. The molecule has 0 unspecified atom stereocenters. The van der Waals surface area contributed by atoms with Crippen molar-refractivity contribution in [2.24, 2.45) is 0 Å².